The van der Waals surface area contributed by atoms with E-state index >= 15 is 0 Å². The van der Waals surface area contributed by atoms with Crippen LogP contribution in [0, 0.1) is 0 Å². The maximum Gasteiger partial charge on any atom is 0.239 e. The molecule has 0 aliphatic rings. The second-order valence-electron chi connectivity index (χ2n) is 3.45. The second kappa shape index (κ2) is 3.82. The molecule has 0 aliphatic carbocycles. The zero-order chi connectivity index (χ0) is 11.8. The highest BCUT2D eigenvalue weighted by Gasteiger charge is 2.08. The quantitative estimate of drug-likeness (QED) is 0.786. The molecule has 0 bridgehead atoms. The van der Waals surface area contributed by atoms with E-state index in [1.165, 1.54) is 12.3 Å². The van der Waals surface area contributed by atoms with E-state index in [1.54, 1.807) is 6.07 Å². The average molecular weight is 237 g/mol. The molecule has 16 heavy (non-hydrogen) atoms. The van der Waals surface area contributed by atoms with Crippen molar-refractivity contribution in [1.82, 2.24) is 4.98 Å². The van der Waals surface area contributed by atoms with Crippen LogP contribution in [0.1, 0.15) is 5.56 Å². The lowest BCUT2D eigenvalue weighted by Gasteiger charge is -2.02. The Morgan fingerprint density at radius 3 is 2.62 bits per heavy atom. The van der Waals surface area contributed by atoms with Crippen LogP contribution in [0.25, 0.3) is 10.9 Å². The van der Waals surface area contributed by atoms with E-state index < -0.39 is 10.0 Å². The Balaban J connectivity index is 2.65. The van der Waals surface area contributed by atoms with Crippen molar-refractivity contribution < 1.29 is 8.42 Å². The van der Waals surface area contributed by atoms with Gasteiger partial charge in [0, 0.05) is 18.1 Å². The van der Waals surface area contributed by atoms with Crippen molar-refractivity contribution >= 4 is 20.9 Å². The molecule has 0 unspecified atom stereocenters. The molecular formula is C10H11N3O2S. The third-order valence-electron chi connectivity index (χ3n) is 2.29. The number of rotatable bonds is 2. The van der Waals surface area contributed by atoms with Gasteiger partial charge in [0.2, 0.25) is 10.0 Å². The van der Waals surface area contributed by atoms with Crippen LogP contribution >= 0.6 is 0 Å². The Morgan fingerprint density at radius 2 is 2.00 bits per heavy atom. The van der Waals surface area contributed by atoms with Crippen molar-refractivity contribution in [2.75, 3.05) is 0 Å². The van der Waals surface area contributed by atoms with Crippen LogP contribution in [0.15, 0.2) is 35.4 Å². The third-order valence-corrected chi connectivity index (χ3v) is 3.17. The number of sulfonamides is 1. The van der Waals surface area contributed by atoms with E-state index in [-0.39, 0.29) is 4.90 Å². The van der Waals surface area contributed by atoms with Gasteiger partial charge in [-0.25, -0.2) is 13.6 Å². The first kappa shape index (κ1) is 11.0. The Hall–Kier alpha value is -1.50. The van der Waals surface area contributed by atoms with E-state index in [4.69, 9.17) is 10.9 Å². The van der Waals surface area contributed by atoms with Crippen molar-refractivity contribution in [3.63, 3.8) is 0 Å². The van der Waals surface area contributed by atoms with E-state index in [0.29, 0.717) is 12.1 Å². The van der Waals surface area contributed by atoms with Crippen LogP contribution < -0.4 is 10.9 Å². The zero-order valence-electron chi connectivity index (χ0n) is 8.42. The Kier molecular flexibility index (Phi) is 2.63. The minimum atomic E-state index is -3.70. The van der Waals surface area contributed by atoms with Gasteiger partial charge in [-0.2, -0.15) is 0 Å². The normalized spacial score (nSPS) is 11.9. The Labute approximate surface area is 93.1 Å². The Morgan fingerprint density at radius 1 is 1.25 bits per heavy atom. The van der Waals surface area contributed by atoms with Crippen LogP contribution in [0.4, 0.5) is 0 Å². The summed E-state index contributed by atoms with van der Waals surface area (Å²) in [6, 6.07) is 6.93. The summed E-state index contributed by atoms with van der Waals surface area (Å²) >= 11 is 0. The average Bonchev–Trinajstić information content (AvgIpc) is 2.26. The molecule has 1 aromatic heterocycles. The molecule has 84 valence electrons. The molecule has 4 N–H and O–H groups in total. The topological polar surface area (TPSA) is 99.1 Å². The van der Waals surface area contributed by atoms with Gasteiger partial charge in [0.05, 0.1) is 5.52 Å². The molecule has 0 radical (unpaired) electrons. The summed E-state index contributed by atoms with van der Waals surface area (Å²) < 4.78 is 22.2. The molecule has 0 amide bonds. The molecule has 2 rings (SSSR count). The fourth-order valence-corrected chi connectivity index (χ4v) is 1.92. The first-order valence-electron chi connectivity index (χ1n) is 4.62. The van der Waals surface area contributed by atoms with Crippen LogP contribution in [-0.4, -0.2) is 13.4 Å². The van der Waals surface area contributed by atoms with Crippen molar-refractivity contribution in [3.8, 4) is 0 Å². The lowest BCUT2D eigenvalue weighted by Crippen LogP contribution is -2.12. The van der Waals surface area contributed by atoms with Gasteiger partial charge in [-0.05, 0) is 17.7 Å². The van der Waals surface area contributed by atoms with Gasteiger partial charge < -0.3 is 5.73 Å². The molecule has 1 aromatic carbocycles. The minimum absolute atomic E-state index is 0.0144. The first-order chi connectivity index (χ1) is 7.50. The van der Waals surface area contributed by atoms with E-state index in [1.807, 2.05) is 12.1 Å². The van der Waals surface area contributed by atoms with Crippen molar-refractivity contribution in [1.29, 1.82) is 0 Å². The number of primary sulfonamides is 1. The molecule has 0 saturated carbocycles. The third kappa shape index (κ3) is 2.04. The maximum atomic E-state index is 11.1. The summed E-state index contributed by atoms with van der Waals surface area (Å²) in [5, 5.41) is 5.74. The molecule has 1 heterocycles. The lowest BCUT2D eigenvalue weighted by atomic mass is 10.1. The predicted molar refractivity (Wildman–Crippen MR) is 61.0 cm³/mol. The summed E-state index contributed by atoms with van der Waals surface area (Å²) in [5.41, 5.74) is 7.15. The Bertz CT molecular complexity index is 638. The van der Waals surface area contributed by atoms with Gasteiger partial charge >= 0.3 is 0 Å². The summed E-state index contributed by atoms with van der Waals surface area (Å²) in [4.78, 5) is 4.06. The highest BCUT2D eigenvalue weighted by atomic mass is 32.2. The van der Waals surface area contributed by atoms with Crippen LogP contribution in [0.2, 0.25) is 0 Å². The van der Waals surface area contributed by atoms with Crippen molar-refractivity contribution in [2.24, 2.45) is 10.9 Å². The standard InChI is InChI=1S/C10H11N3O2S/c11-5-7-1-2-8-4-9(16(12,14)15)6-13-10(8)3-7/h1-4,6H,5,11H2,(H2,12,14,15). The number of hydrogen-bond donors (Lipinski definition) is 2. The number of fused-ring (bicyclic) bond motifs is 1. The predicted octanol–water partition coefficient (Wildman–Crippen LogP) is 0.341. The summed E-state index contributed by atoms with van der Waals surface area (Å²) in [6.07, 6.45) is 1.25. The molecule has 0 spiro atoms. The van der Waals surface area contributed by atoms with Crippen molar-refractivity contribution in [3.05, 3.63) is 36.0 Å². The number of aromatic nitrogens is 1. The molecule has 6 heteroatoms. The number of pyridine rings is 1. The number of nitrogens with zero attached hydrogens (tertiary/aromatic N) is 1. The fourth-order valence-electron chi connectivity index (χ4n) is 1.43. The summed E-state index contributed by atoms with van der Waals surface area (Å²) in [5.74, 6) is 0. The van der Waals surface area contributed by atoms with Gasteiger partial charge in [-0.3, -0.25) is 4.98 Å². The van der Waals surface area contributed by atoms with Gasteiger partial charge in [0.15, 0.2) is 0 Å². The smallest absolute Gasteiger partial charge is 0.239 e. The first-order valence-corrected chi connectivity index (χ1v) is 6.17. The molecule has 5 nitrogen and oxygen atoms in total. The second-order valence-corrected chi connectivity index (χ2v) is 5.01. The monoisotopic (exact) mass is 237 g/mol. The largest absolute Gasteiger partial charge is 0.326 e. The zero-order valence-corrected chi connectivity index (χ0v) is 9.24. The molecule has 0 atom stereocenters. The highest BCUT2D eigenvalue weighted by Crippen LogP contribution is 2.17. The minimum Gasteiger partial charge on any atom is -0.326 e. The molecular weight excluding hydrogens is 226 g/mol. The number of nitrogens with two attached hydrogens (primary N) is 2. The number of hydrogen-bond acceptors (Lipinski definition) is 4. The van der Waals surface area contributed by atoms with E-state index in [9.17, 15) is 8.42 Å². The number of benzene rings is 1. The van der Waals surface area contributed by atoms with Gasteiger partial charge in [-0.15, -0.1) is 0 Å². The van der Waals surface area contributed by atoms with Crippen LogP contribution in [0.5, 0.6) is 0 Å². The summed E-state index contributed by atoms with van der Waals surface area (Å²) in [6.45, 7) is 0.425. The van der Waals surface area contributed by atoms with Gasteiger partial charge in [0.1, 0.15) is 4.90 Å². The molecule has 0 aliphatic heterocycles. The highest BCUT2D eigenvalue weighted by molar-refractivity contribution is 7.89. The lowest BCUT2D eigenvalue weighted by molar-refractivity contribution is 0.597. The van der Waals surface area contributed by atoms with E-state index in [0.717, 1.165) is 10.9 Å². The summed E-state index contributed by atoms with van der Waals surface area (Å²) in [7, 11) is -3.70. The van der Waals surface area contributed by atoms with Crippen LogP contribution in [0.3, 0.4) is 0 Å². The molecule has 0 fully saturated rings. The van der Waals surface area contributed by atoms with Gasteiger partial charge in [-0.1, -0.05) is 12.1 Å². The van der Waals surface area contributed by atoms with Crippen LogP contribution in [-0.2, 0) is 16.6 Å². The fraction of sp³-hybridized carbons (Fsp3) is 0.100. The molecule has 2 aromatic rings. The van der Waals surface area contributed by atoms with E-state index in [2.05, 4.69) is 4.98 Å². The maximum absolute atomic E-state index is 11.1. The SMILES string of the molecule is NCc1ccc2cc(S(N)(=O)=O)cnc2c1. The van der Waals surface area contributed by atoms with Gasteiger partial charge in [0.25, 0.3) is 0 Å². The molecule has 0 saturated heterocycles. The van der Waals surface area contributed by atoms with Crippen molar-refractivity contribution in [2.45, 2.75) is 11.4 Å².